The van der Waals surface area contributed by atoms with Gasteiger partial charge in [-0.05, 0) is 31.7 Å². The van der Waals surface area contributed by atoms with E-state index in [4.69, 9.17) is 5.73 Å². The number of hydrogen-bond acceptors (Lipinski definition) is 5. The van der Waals surface area contributed by atoms with E-state index in [0.717, 1.165) is 30.7 Å². The first-order valence-electron chi connectivity index (χ1n) is 8.27. The molecule has 2 aliphatic heterocycles. The number of nitrogen functional groups attached to an aromatic ring is 1. The normalized spacial score (nSPS) is 30.2. The summed E-state index contributed by atoms with van der Waals surface area (Å²) in [5.74, 6) is 3.69. The van der Waals surface area contributed by atoms with Crippen LogP contribution in [-0.4, -0.2) is 48.1 Å². The lowest BCUT2D eigenvalue weighted by Crippen LogP contribution is -2.27. The molecular weight excluding hydrogens is 262 g/mol. The molecule has 1 aliphatic carbocycles. The van der Waals surface area contributed by atoms with Crippen molar-refractivity contribution in [3.63, 3.8) is 0 Å². The topological polar surface area (TPSA) is 58.3 Å². The number of nitrogens with two attached hydrogens (primary N) is 1. The van der Waals surface area contributed by atoms with E-state index in [9.17, 15) is 0 Å². The highest BCUT2D eigenvalue weighted by atomic mass is 15.3. The quantitative estimate of drug-likeness (QED) is 0.897. The molecule has 0 unspecified atom stereocenters. The van der Waals surface area contributed by atoms with Gasteiger partial charge in [0.05, 0.1) is 5.69 Å². The van der Waals surface area contributed by atoms with Crippen molar-refractivity contribution in [2.75, 3.05) is 43.9 Å². The molecular formula is C16H25N5. The third-order valence-electron chi connectivity index (χ3n) is 5.52. The number of rotatable bonds is 2. The molecule has 5 nitrogen and oxygen atoms in total. The molecule has 1 aromatic rings. The van der Waals surface area contributed by atoms with Crippen LogP contribution in [0.1, 0.15) is 37.3 Å². The van der Waals surface area contributed by atoms with Gasteiger partial charge in [-0.15, -0.1) is 0 Å². The van der Waals surface area contributed by atoms with E-state index in [-0.39, 0.29) is 0 Å². The van der Waals surface area contributed by atoms with Crippen LogP contribution in [-0.2, 0) is 0 Å². The monoisotopic (exact) mass is 287 g/mol. The van der Waals surface area contributed by atoms with Crippen LogP contribution >= 0.6 is 0 Å². The van der Waals surface area contributed by atoms with Gasteiger partial charge < -0.3 is 15.5 Å². The number of aromatic nitrogens is 2. The second-order valence-corrected chi connectivity index (χ2v) is 7.14. The number of likely N-dealkylation sites (tertiary alicyclic amines) is 1. The van der Waals surface area contributed by atoms with Gasteiger partial charge >= 0.3 is 0 Å². The maximum absolute atomic E-state index is 5.98. The van der Waals surface area contributed by atoms with E-state index < -0.39 is 0 Å². The summed E-state index contributed by atoms with van der Waals surface area (Å²) in [6.07, 6.45) is 5.16. The van der Waals surface area contributed by atoms with Gasteiger partial charge in [-0.1, -0.05) is 12.8 Å². The Morgan fingerprint density at radius 2 is 1.71 bits per heavy atom. The fraction of sp³-hybridized carbons (Fsp3) is 0.750. The second-order valence-electron chi connectivity index (χ2n) is 7.14. The molecule has 0 aromatic carbocycles. The Labute approximate surface area is 126 Å². The van der Waals surface area contributed by atoms with Crippen molar-refractivity contribution < 1.29 is 0 Å². The van der Waals surface area contributed by atoms with E-state index in [2.05, 4.69) is 32.9 Å². The number of hydrogen-bond donors (Lipinski definition) is 1. The zero-order chi connectivity index (χ0) is 14.4. The van der Waals surface area contributed by atoms with E-state index in [1.807, 2.05) is 0 Å². The molecule has 4 rings (SSSR count). The fourth-order valence-corrected chi connectivity index (χ4v) is 4.48. The van der Waals surface area contributed by atoms with Gasteiger partial charge in [-0.2, -0.15) is 4.98 Å². The number of nitrogens with zero attached hydrogens (tertiary/aromatic N) is 4. The summed E-state index contributed by atoms with van der Waals surface area (Å²) in [5, 5.41) is 0. The molecule has 0 spiro atoms. The molecule has 5 heteroatoms. The maximum atomic E-state index is 5.98. The third-order valence-corrected chi connectivity index (χ3v) is 5.52. The molecule has 0 amide bonds. The van der Waals surface area contributed by atoms with Gasteiger partial charge in [-0.25, -0.2) is 4.98 Å². The van der Waals surface area contributed by atoms with Gasteiger partial charge in [-0.3, -0.25) is 0 Å². The SMILES string of the molecule is CN1C[C@@H]2CN(c3cc(C4CCCC4)nc(N)n3)C[C@@H]2C1. The lowest BCUT2D eigenvalue weighted by molar-refractivity contribution is 0.387. The summed E-state index contributed by atoms with van der Waals surface area (Å²) >= 11 is 0. The predicted molar refractivity (Wildman–Crippen MR) is 84.3 cm³/mol. The molecule has 3 aliphatic rings. The van der Waals surface area contributed by atoms with Crippen LogP contribution in [0.15, 0.2) is 6.07 Å². The second kappa shape index (κ2) is 5.13. The Hall–Kier alpha value is -1.36. The molecule has 2 saturated heterocycles. The molecule has 1 saturated carbocycles. The van der Waals surface area contributed by atoms with Crippen molar-refractivity contribution in [1.29, 1.82) is 0 Å². The molecule has 2 N–H and O–H groups in total. The highest BCUT2D eigenvalue weighted by Gasteiger charge is 2.39. The summed E-state index contributed by atoms with van der Waals surface area (Å²) in [5.41, 5.74) is 7.15. The first-order chi connectivity index (χ1) is 10.2. The number of anilines is 2. The van der Waals surface area contributed by atoms with Crippen molar-refractivity contribution in [3.8, 4) is 0 Å². The van der Waals surface area contributed by atoms with Crippen molar-refractivity contribution in [2.24, 2.45) is 11.8 Å². The van der Waals surface area contributed by atoms with Crippen LogP contribution in [0.2, 0.25) is 0 Å². The number of fused-ring (bicyclic) bond motifs is 1. The molecule has 3 heterocycles. The third kappa shape index (κ3) is 2.48. The first kappa shape index (κ1) is 13.3. The summed E-state index contributed by atoms with van der Waals surface area (Å²) < 4.78 is 0. The molecule has 2 atom stereocenters. The summed E-state index contributed by atoms with van der Waals surface area (Å²) in [6.45, 7) is 4.68. The Morgan fingerprint density at radius 1 is 1.05 bits per heavy atom. The van der Waals surface area contributed by atoms with Crippen LogP contribution in [0.4, 0.5) is 11.8 Å². The van der Waals surface area contributed by atoms with Crippen molar-refractivity contribution >= 4 is 11.8 Å². The van der Waals surface area contributed by atoms with E-state index in [1.165, 1.54) is 44.5 Å². The molecule has 21 heavy (non-hydrogen) atoms. The molecule has 3 fully saturated rings. The molecule has 1 aromatic heterocycles. The minimum Gasteiger partial charge on any atom is -0.368 e. The largest absolute Gasteiger partial charge is 0.368 e. The fourth-order valence-electron chi connectivity index (χ4n) is 4.48. The summed E-state index contributed by atoms with van der Waals surface area (Å²) in [6, 6.07) is 2.21. The van der Waals surface area contributed by atoms with E-state index in [0.29, 0.717) is 11.9 Å². The van der Waals surface area contributed by atoms with Gasteiger partial charge in [0.15, 0.2) is 0 Å². The van der Waals surface area contributed by atoms with Crippen LogP contribution < -0.4 is 10.6 Å². The van der Waals surface area contributed by atoms with Crippen molar-refractivity contribution in [1.82, 2.24) is 14.9 Å². The lowest BCUT2D eigenvalue weighted by atomic mass is 10.0. The molecule has 0 bridgehead atoms. The minimum absolute atomic E-state index is 0.448. The van der Waals surface area contributed by atoms with Crippen LogP contribution in [0.5, 0.6) is 0 Å². The molecule has 114 valence electrons. The lowest BCUT2D eigenvalue weighted by Gasteiger charge is -2.21. The van der Waals surface area contributed by atoms with Gasteiger partial charge in [0, 0.05) is 38.2 Å². The van der Waals surface area contributed by atoms with Gasteiger partial charge in [0.25, 0.3) is 0 Å². The average molecular weight is 287 g/mol. The zero-order valence-corrected chi connectivity index (χ0v) is 12.8. The highest BCUT2D eigenvalue weighted by molar-refractivity contribution is 5.46. The van der Waals surface area contributed by atoms with E-state index >= 15 is 0 Å². The van der Waals surface area contributed by atoms with Crippen LogP contribution in [0.3, 0.4) is 0 Å². The Kier molecular flexibility index (Phi) is 3.25. The zero-order valence-electron chi connectivity index (χ0n) is 12.8. The minimum atomic E-state index is 0.448. The smallest absolute Gasteiger partial charge is 0.222 e. The summed E-state index contributed by atoms with van der Waals surface area (Å²) in [4.78, 5) is 13.9. The molecule has 0 radical (unpaired) electrons. The van der Waals surface area contributed by atoms with Gasteiger partial charge in [0.2, 0.25) is 5.95 Å². The predicted octanol–water partition coefficient (Wildman–Crippen LogP) is 1.71. The van der Waals surface area contributed by atoms with Crippen molar-refractivity contribution in [3.05, 3.63) is 11.8 Å². The van der Waals surface area contributed by atoms with Crippen molar-refractivity contribution in [2.45, 2.75) is 31.6 Å². The Bertz CT molecular complexity index is 511. The van der Waals surface area contributed by atoms with Gasteiger partial charge in [0.1, 0.15) is 5.82 Å². The highest BCUT2D eigenvalue weighted by Crippen LogP contribution is 2.36. The Balaban J connectivity index is 1.55. The maximum Gasteiger partial charge on any atom is 0.222 e. The Morgan fingerprint density at radius 3 is 2.38 bits per heavy atom. The van der Waals surface area contributed by atoms with Crippen LogP contribution in [0, 0.1) is 11.8 Å². The first-order valence-corrected chi connectivity index (χ1v) is 8.27. The van der Waals surface area contributed by atoms with E-state index in [1.54, 1.807) is 0 Å². The summed E-state index contributed by atoms with van der Waals surface area (Å²) in [7, 11) is 2.23. The average Bonchev–Trinajstić information content (AvgIpc) is 3.12. The van der Waals surface area contributed by atoms with Crippen LogP contribution in [0.25, 0.3) is 0 Å². The standard InChI is InChI=1S/C16H25N5/c1-20-7-12-9-21(10-13(12)8-20)15-6-14(18-16(17)19-15)11-4-2-3-5-11/h6,11-13H,2-5,7-10H2,1H3,(H2,17,18,19)/t12-,13+.